The zero-order valence-corrected chi connectivity index (χ0v) is 15.9. The summed E-state index contributed by atoms with van der Waals surface area (Å²) in [6, 6.07) is 13.6. The number of aromatic nitrogens is 4. The summed E-state index contributed by atoms with van der Waals surface area (Å²) in [5, 5.41) is 0. The van der Waals surface area contributed by atoms with E-state index >= 15 is 0 Å². The fourth-order valence-corrected chi connectivity index (χ4v) is 4.15. The molecule has 4 aromatic rings. The second kappa shape index (κ2) is 7.09. The third-order valence-electron chi connectivity index (χ3n) is 5.62. The van der Waals surface area contributed by atoms with Gasteiger partial charge in [-0.3, -0.25) is 9.36 Å². The van der Waals surface area contributed by atoms with E-state index in [-0.39, 0.29) is 17.6 Å². The summed E-state index contributed by atoms with van der Waals surface area (Å²) in [6.07, 6.45) is 8.59. The lowest BCUT2D eigenvalue weighted by atomic mass is 10.0. The number of fused-ring (bicyclic) bond motifs is 2. The van der Waals surface area contributed by atoms with Crippen LogP contribution in [0.4, 0.5) is 0 Å². The lowest BCUT2D eigenvalue weighted by molar-refractivity contribution is -0.127. The number of H-pyrrole nitrogens is 1. The van der Waals surface area contributed by atoms with Crippen LogP contribution in [-0.2, 0) is 4.79 Å². The number of piperidine rings is 1. The van der Waals surface area contributed by atoms with Crippen LogP contribution in [0.3, 0.4) is 0 Å². The molecule has 1 N–H and O–H groups in total. The number of benzene rings is 1. The smallest absolute Gasteiger partial charge is 0.326 e. The van der Waals surface area contributed by atoms with E-state index in [0.717, 1.165) is 35.2 Å². The molecule has 29 heavy (non-hydrogen) atoms. The van der Waals surface area contributed by atoms with Crippen molar-refractivity contribution in [3.63, 3.8) is 0 Å². The number of para-hydroxylation sites is 2. The third kappa shape index (κ3) is 3.14. The number of pyridine rings is 1. The van der Waals surface area contributed by atoms with Gasteiger partial charge in [0.25, 0.3) is 0 Å². The number of aromatic amines is 1. The van der Waals surface area contributed by atoms with Crippen molar-refractivity contribution in [2.75, 3.05) is 13.1 Å². The van der Waals surface area contributed by atoms with E-state index in [1.165, 1.54) is 0 Å². The Morgan fingerprint density at radius 3 is 2.79 bits per heavy atom. The maximum atomic E-state index is 12.7. The van der Waals surface area contributed by atoms with Crippen molar-refractivity contribution < 1.29 is 4.79 Å². The predicted molar refractivity (Wildman–Crippen MR) is 112 cm³/mol. The summed E-state index contributed by atoms with van der Waals surface area (Å²) in [5.41, 5.74) is 3.46. The molecule has 0 bridgehead atoms. The van der Waals surface area contributed by atoms with Crippen molar-refractivity contribution in [1.82, 2.24) is 23.8 Å². The van der Waals surface area contributed by atoms with Gasteiger partial charge in [-0.1, -0.05) is 18.2 Å². The number of rotatable bonds is 3. The molecule has 1 aliphatic heterocycles. The molecule has 0 saturated carbocycles. The third-order valence-corrected chi connectivity index (χ3v) is 5.62. The summed E-state index contributed by atoms with van der Waals surface area (Å²) >= 11 is 0. The fraction of sp³-hybridized carbons (Fsp3) is 0.227. The minimum Gasteiger partial charge on any atom is -0.339 e. The van der Waals surface area contributed by atoms with E-state index in [1.807, 2.05) is 68.6 Å². The minimum atomic E-state index is -0.0794. The Hall–Kier alpha value is -3.61. The molecule has 1 fully saturated rings. The monoisotopic (exact) mass is 387 g/mol. The Morgan fingerprint density at radius 1 is 1.10 bits per heavy atom. The summed E-state index contributed by atoms with van der Waals surface area (Å²) < 4.78 is 3.78. The number of nitrogens with zero attached hydrogens (tertiary/aromatic N) is 4. The van der Waals surface area contributed by atoms with Gasteiger partial charge in [0, 0.05) is 43.3 Å². The highest BCUT2D eigenvalue weighted by Gasteiger charge is 2.25. The zero-order chi connectivity index (χ0) is 19.8. The quantitative estimate of drug-likeness (QED) is 0.549. The standard InChI is InChI=1S/C22H21N5O2/c28-21(9-8-16-4-3-7-20-23-12-15-26(16)20)25-13-10-17(11-14-25)27-19-6-2-1-5-18(19)24-22(27)29/h1-9,12,15,17H,10-11,13-14H2,(H,24,29)/b9-8+. The number of amides is 1. The molecule has 1 saturated heterocycles. The lowest BCUT2D eigenvalue weighted by Crippen LogP contribution is -2.39. The Labute approximate surface area is 166 Å². The van der Waals surface area contributed by atoms with Crippen LogP contribution < -0.4 is 5.69 Å². The zero-order valence-electron chi connectivity index (χ0n) is 15.9. The molecule has 7 nitrogen and oxygen atoms in total. The summed E-state index contributed by atoms with van der Waals surface area (Å²) in [4.78, 5) is 34.1. The molecule has 1 aliphatic rings. The molecule has 3 aromatic heterocycles. The predicted octanol–water partition coefficient (Wildman–Crippen LogP) is 2.85. The van der Waals surface area contributed by atoms with Gasteiger partial charge in [0.1, 0.15) is 5.65 Å². The maximum Gasteiger partial charge on any atom is 0.326 e. The summed E-state index contributed by atoms with van der Waals surface area (Å²) in [7, 11) is 0. The average molecular weight is 387 g/mol. The molecule has 5 rings (SSSR count). The number of hydrogen-bond donors (Lipinski definition) is 1. The Balaban J connectivity index is 1.29. The van der Waals surface area contributed by atoms with Crippen LogP contribution in [-0.4, -0.2) is 42.8 Å². The molecular weight excluding hydrogens is 366 g/mol. The van der Waals surface area contributed by atoms with Crippen LogP contribution in [0.1, 0.15) is 24.6 Å². The molecule has 1 amide bonds. The molecule has 0 unspecified atom stereocenters. The van der Waals surface area contributed by atoms with Crippen molar-refractivity contribution in [2.24, 2.45) is 0 Å². The van der Waals surface area contributed by atoms with Gasteiger partial charge in [-0.05, 0) is 43.2 Å². The second-order valence-corrected chi connectivity index (χ2v) is 7.31. The van der Waals surface area contributed by atoms with E-state index in [4.69, 9.17) is 0 Å². The van der Waals surface area contributed by atoms with E-state index in [1.54, 1.807) is 12.3 Å². The lowest BCUT2D eigenvalue weighted by Gasteiger charge is -2.32. The molecule has 7 heteroatoms. The molecule has 0 atom stereocenters. The first kappa shape index (κ1) is 17.5. The first-order valence-electron chi connectivity index (χ1n) is 9.79. The molecular formula is C22H21N5O2. The maximum absolute atomic E-state index is 12.7. The summed E-state index contributed by atoms with van der Waals surface area (Å²) in [5.74, 6) is -0.00755. The number of imidazole rings is 2. The number of carbonyl (C=O) groups is 1. The summed E-state index contributed by atoms with van der Waals surface area (Å²) in [6.45, 7) is 1.27. The number of hydrogen-bond acceptors (Lipinski definition) is 3. The molecule has 0 aliphatic carbocycles. The van der Waals surface area contributed by atoms with Crippen LogP contribution in [0, 0.1) is 0 Å². The Bertz CT molecular complexity index is 1270. The van der Waals surface area contributed by atoms with Gasteiger partial charge in [0.2, 0.25) is 5.91 Å². The molecule has 0 spiro atoms. The number of carbonyl (C=O) groups excluding carboxylic acids is 1. The fourth-order valence-electron chi connectivity index (χ4n) is 4.15. The molecule has 4 heterocycles. The van der Waals surface area contributed by atoms with Crippen LogP contribution in [0.15, 0.2) is 65.7 Å². The van der Waals surface area contributed by atoms with Gasteiger partial charge in [0.15, 0.2) is 0 Å². The van der Waals surface area contributed by atoms with E-state index in [0.29, 0.717) is 13.1 Å². The van der Waals surface area contributed by atoms with Crippen molar-refractivity contribution in [3.8, 4) is 0 Å². The van der Waals surface area contributed by atoms with Crippen molar-refractivity contribution in [2.45, 2.75) is 18.9 Å². The average Bonchev–Trinajstić information content (AvgIpc) is 3.36. The molecule has 146 valence electrons. The second-order valence-electron chi connectivity index (χ2n) is 7.31. The Kier molecular flexibility index (Phi) is 4.27. The van der Waals surface area contributed by atoms with Gasteiger partial charge < -0.3 is 14.3 Å². The topological polar surface area (TPSA) is 75.4 Å². The van der Waals surface area contributed by atoms with Crippen molar-refractivity contribution in [1.29, 1.82) is 0 Å². The van der Waals surface area contributed by atoms with Crippen LogP contribution in [0.25, 0.3) is 22.8 Å². The highest BCUT2D eigenvalue weighted by molar-refractivity contribution is 5.91. The van der Waals surface area contributed by atoms with Gasteiger partial charge in [0.05, 0.1) is 11.0 Å². The number of likely N-dealkylation sites (tertiary alicyclic amines) is 1. The largest absolute Gasteiger partial charge is 0.339 e. The van der Waals surface area contributed by atoms with E-state index in [2.05, 4.69) is 9.97 Å². The van der Waals surface area contributed by atoms with E-state index in [9.17, 15) is 9.59 Å². The van der Waals surface area contributed by atoms with Gasteiger partial charge in [-0.2, -0.15) is 0 Å². The Morgan fingerprint density at radius 2 is 1.93 bits per heavy atom. The van der Waals surface area contributed by atoms with Gasteiger partial charge in [-0.25, -0.2) is 9.78 Å². The first-order valence-corrected chi connectivity index (χ1v) is 9.79. The molecule has 1 aromatic carbocycles. The molecule has 0 radical (unpaired) electrons. The van der Waals surface area contributed by atoms with Crippen molar-refractivity contribution >= 4 is 28.7 Å². The van der Waals surface area contributed by atoms with Gasteiger partial charge >= 0.3 is 5.69 Å². The van der Waals surface area contributed by atoms with Crippen LogP contribution in [0.2, 0.25) is 0 Å². The minimum absolute atomic E-state index is 0.00755. The highest BCUT2D eigenvalue weighted by Crippen LogP contribution is 2.25. The first-order chi connectivity index (χ1) is 14.2. The van der Waals surface area contributed by atoms with Gasteiger partial charge in [-0.15, -0.1) is 0 Å². The number of nitrogens with one attached hydrogen (secondary N) is 1. The van der Waals surface area contributed by atoms with Crippen molar-refractivity contribution in [3.05, 3.63) is 77.1 Å². The van der Waals surface area contributed by atoms with E-state index < -0.39 is 0 Å². The van der Waals surface area contributed by atoms with Crippen LogP contribution in [0.5, 0.6) is 0 Å². The SMILES string of the molecule is O=C(/C=C/c1cccc2nccn12)N1CCC(n2c(=O)[nH]c3ccccc32)CC1. The van der Waals surface area contributed by atoms with Crippen LogP contribution >= 0.6 is 0 Å². The normalized spacial score (nSPS) is 15.7. The highest BCUT2D eigenvalue weighted by atomic mass is 16.2.